The zero-order chi connectivity index (χ0) is 16.2. The average molecular weight is 305 g/mol. The number of hydrogen-bond donors (Lipinski definition) is 2. The predicted octanol–water partition coefficient (Wildman–Crippen LogP) is 2.45. The van der Waals surface area contributed by atoms with Crippen molar-refractivity contribution in [3.05, 3.63) is 29.3 Å². The number of benzene rings is 1. The van der Waals surface area contributed by atoms with Gasteiger partial charge in [-0.15, -0.1) is 0 Å². The second kappa shape index (κ2) is 6.81. The zero-order valence-electron chi connectivity index (χ0n) is 13.1. The molecule has 2 rings (SSSR count). The topological polar surface area (TPSA) is 75.6 Å². The first-order chi connectivity index (χ1) is 10.5. The van der Waals surface area contributed by atoms with Crippen LogP contribution in [0.3, 0.4) is 0 Å². The largest absolute Gasteiger partial charge is 0.496 e. The Bertz CT molecular complexity index is 562. The van der Waals surface area contributed by atoms with Crippen LogP contribution >= 0.6 is 0 Å². The van der Waals surface area contributed by atoms with Crippen LogP contribution in [0.4, 0.5) is 0 Å². The molecule has 0 unspecified atom stereocenters. The second-order valence-corrected chi connectivity index (χ2v) is 5.98. The van der Waals surface area contributed by atoms with Crippen molar-refractivity contribution in [2.75, 3.05) is 7.11 Å². The van der Waals surface area contributed by atoms with Gasteiger partial charge in [0.15, 0.2) is 0 Å². The lowest BCUT2D eigenvalue weighted by Crippen LogP contribution is -2.55. The van der Waals surface area contributed by atoms with Gasteiger partial charge in [-0.25, -0.2) is 4.79 Å². The van der Waals surface area contributed by atoms with Crippen molar-refractivity contribution in [1.29, 1.82) is 0 Å². The molecule has 2 N–H and O–H groups in total. The second-order valence-electron chi connectivity index (χ2n) is 5.98. The van der Waals surface area contributed by atoms with Gasteiger partial charge >= 0.3 is 5.97 Å². The minimum atomic E-state index is -1.09. The Morgan fingerprint density at radius 1 is 1.27 bits per heavy atom. The van der Waals surface area contributed by atoms with Crippen LogP contribution in [-0.2, 0) is 16.0 Å². The average Bonchev–Trinajstić information content (AvgIpc) is 2.50. The molecule has 1 aromatic rings. The van der Waals surface area contributed by atoms with Crippen LogP contribution in [-0.4, -0.2) is 29.6 Å². The molecule has 0 aliphatic heterocycles. The van der Waals surface area contributed by atoms with E-state index in [0.717, 1.165) is 36.1 Å². The lowest BCUT2D eigenvalue weighted by atomic mass is 9.81. The van der Waals surface area contributed by atoms with Crippen molar-refractivity contribution in [2.45, 2.75) is 51.0 Å². The highest BCUT2D eigenvalue weighted by atomic mass is 16.5. The molecule has 0 spiro atoms. The van der Waals surface area contributed by atoms with Crippen LogP contribution in [0.15, 0.2) is 18.2 Å². The molecule has 120 valence electrons. The molecular formula is C17H23NO4. The number of methoxy groups -OCH3 is 1. The summed E-state index contributed by atoms with van der Waals surface area (Å²) < 4.78 is 5.25. The molecule has 5 nitrogen and oxygen atoms in total. The van der Waals surface area contributed by atoms with Crippen molar-refractivity contribution < 1.29 is 19.4 Å². The summed E-state index contributed by atoms with van der Waals surface area (Å²) in [6, 6.07) is 5.59. The highest BCUT2D eigenvalue weighted by molar-refractivity contribution is 5.88. The van der Waals surface area contributed by atoms with Crippen LogP contribution in [0.5, 0.6) is 5.75 Å². The third-order valence-corrected chi connectivity index (χ3v) is 4.33. The Kier molecular flexibility index (Phi) is 5.06. The van der Waals surface area contributed by atoms with Gasteiger partial charge in [0.05, 0.1) is 13.5 Å². The van der Waals surface area contributed by atoms with E-state index in [0.29, 0.717) is 12.8 Å². The molecule has 0 aromatic heterocycles. The molecule has 1 saturated carbocycles. The van der Waals surface area contributed by atoms with Gasteiger partial charge in [-0.05, 0) is 37.0 Å². The molecule has 1 aliphatic carbocycles. The SMILES string of the molecule is COc1cc(CC(=O)NC2(C(=O)O)CCCCC2)ccc1C. The molecule has 0 atom stereocenters. The summed E-state index contributed by atoms with van der Waals surface area (Å²) in [6.45, 7) is 1.93. The first kappa shape index (κ1) is 16.3. The maximum absolute atomic E-state index is 12.3. The number of aryl methyl sites for hydroxylation is 1. The van der Waals surface area contributed by atoms with Gasteiger partial charge in [0.1, 0.15) is 11.3 Å². The standard InChI is InChI=1S/C17H23NO4/c1-12-6-7-13(10-14(12)22-2)11-15(19)18-17(16(20)21)8-4-3-5-9-17/h6-7,10H,3-5,8-9,11H2,1-2H3,(H,18,19)(H,20,21). The van der Waals surface area contributed by atoms with Gasteiger partial charge in [-0.1, -0.05) is 31.4 Å². The summed E-state index contributed by atoms with van der Waals surface area (Å²) in [7, 11) is 1.59. The Labute approximate surface area is 130 Å². The minimum absolute atomic E-state index is 0.158. The van der Waals surface area contributed by atoms with Crippen molar-refractivity contribution >= 4 is 11.9 Å². The molecule has 1 fully saturated rings. The van der Waals surface area contributed by atoms with Gasteiger partial charge in [0.25, 0.3) is 0 Å². The Morgan fingerprint density at radius 3 is 2.55 bits per heavy atom. The Morgan fingerprint density at radius 2 is 1.95 bits per heavy atom. The van der Waals surface area contributed by atoms with E-state index in [-0.39, 0.29) is 12.3 Å². The fourth-order valence-electron chi connectivity index (χ4n) is 3.02. The molecule has 0 bridgehead atoms. The van der Waals surface area contributed by atoms with E-state index in [2.05, 4.69) is 5.32 Å². The van der Waals surface area contributed by atoms with Crippen LogP contribution in [0.25, 0.3) is 0 Å². The monoisotopic (exact) mass is 305 g/mol. The third kappa shape index (κ3) is 3.59. The lowest BCUT2D eigenvalue weighted by molar-refractivity contribution is -0.149. The number of hydrogen-bond acceptors (Lipinski definition) is 3. The highest BCUT2D eigenvalue weighted by Gasteiger charge is 2.40. The van der Waals surface area contributed by atoms with E-state index in [1.165, 1.54) is 0 Å². The number of carboxylic acid groups (broad SMARTS) is 1. The summed E-state index contributed by atoms with van der Waals surface area (Å²) in [5, 5.41) is 12.2. The van der Waals surface area contributed by atoms with Gasteiger partial charge in [0, 0.05) is 0 Å². The van der Waals surface area contributed by atoms with E-state index in [1.807, 2.05) is 25.1 Å². The first-order valence-electron chi connectivity index (χ1n) is 7.65. The van der Waals surface area contributed by atoms with E-state index in [9.17, 15) is 14.7 Å². The number of carboxylic acids is 1. The van der Waals surface area contributed by atoms with Crippen molar-refractivity contribution in [2.24, 2.45) is 0 Å². The Hall–Kier alpha value is -2.04. The number of ether oxygens (including phenoxy) is 1. The number of nitrogens with one attached hydrogen (secondary N) is 1. The minimum Gasteiger partial charge on any atom is -0.496 e. The number of rotatable bonds is 5. The number of carbonyl (C=O) groups is 2. The van der Waals surface area contributed by atoms with E-state index < -0.39 is 11.5 Å². The summed E-state index contributed by atoms with van der Waals surface area (Å²) in [5.74, 6) is -0.451. The van der Waals surface area contributed by atoms with E-state index in [4.69, 9.17) is 4.74 Å². The van der Waals surface area contributed by atoms with Crippen LogP contribution < -0.4 is 10.1 Å². The molecule has 5 heteroatoms. The maximum Gasteiger partial charge on any atom is 0.329 e. The molecule has 1 amide bonds. The van der Waals surface area contributed by atoms with E-state index >= 15 is 0 Å². The van der Waals surface area contributed by atoms with Crippen molar-refractivity contribution in [1.82, 2.24) is 5.32 Å². The van der Waals surface area contributed by atoms with Gasteiger partial charge in [-0.2, -0.15) is 0 Å². The molecule has 1 aliphatic rings. The van der Waals surface area contributed by atoms with Gasteiger partial charge in [0.2, 0.25) is 5.91 Å². The smallest absolute Gasteiger partial charge is 0.329 e. The summed E-state index contributed by atoms with van der Waals surface area (Å²) in [4.78, 5) is 23.8. The lowest BCUT2D eigenvalue weighted by Gasteiger charge is -2.34. The van der Waals surface area contributed by atoms with Crippen LogP contribution in [0, 0.1) is 6.92 Å². The maximum atomic E-state index is 12.3. The molecule has 22 heavy (non-hydrogen) atoms. The summed E-state index contributed by atoms with van der Waals surface area (Å²) >= 11 is 0. The molecule has 1 aromatic carbocycles. The van der Waals surface area contributed by atoms with E-state index in [1.54, 1.807) is 7.11 Å². The molecule has 0 heterocycles. The Balaban J connectivity index is 2.07. The normalized spacial score (nSPS) is 16.8. The van der Waals surface area contributed by atoms with Crippen molar-refractivity contribution in [3.63, 3.8) is 0 Å². The number of amides is 1. The molecular weight excluding hydrogens is 282 g/mol. The summed E-state index contributed by atoms with van der Waals surface area (Å²) in [5.41, 5.74) is 0.724. The highest BCUT2D eigenvalue weighted by Crippen LogP contribution is 2.28. The first-order valence-corrected chi connectivity index (χ1v) is 7.65. The van der Waals surface area contributed by atoms with Gasteiger partial charge < -0.3 is 15.2 Å². The molecule has 0 radical (unpaired) electrons. The fourth-order valence-corrected chi connectivity index (χ4v) is 3.02. The fraction of sp³-hybridized carbons (Fsp3) is 0.529. The van der Waals surface area contributed by atoms with Crippen LogP contribution in [0.1, 0.15) is 43.2 Å². The van der Waals surface area contributed by atoms with Gasteiger partial charge in [-0.3, -0.25) is 4.79 Å². The number of carbonyl (C=O) groups excluding carboxylic acids is 1. The predicted molar refractivity (Wildman–Crippen MR) is 83.0 cm³/mol. The number of aliphatic carboxylic acids is 1. The molecule has 0 saturated heterocycles. The van der Waals surface area contributed by atoms with Crippen molar-refractivity contribution in [3.8, 4) is 5.75 Å². The zero-order valence-corrected chi connectivity index (χ0v) is 13.1. The van der Waals surface area contributed by atoms with Crippen LogP contribution in [0.2, 0.25) is 0 Å². The quantitative estimate of drug-likeness (QED) is 0.876. The third-order valence-electron chi connectivity index (χ3n) is 4.33. The summed E-state index contributed by atoms with van der Waals surface area (Å²) in [6.07, 6.45) is 3.87.